The zero-order chi connectivity index (χ0) is 11.3. The minimum atomic E-state index is -0.736. The molecule has 5 N–H and O–H groups in total. The Bertz CT molecular complexity index is 390. The third-order valence-electron chi connectivity index (χ3n) is 1.63. The Morgan fingerprint density at radius 3 is 2.80 bits per heavy atom. The summed E-state index contributed by atoms with van der Waals surface area (Å²) in [6.07, 6.45) is 1.84. The average molecular weight is 209 g/mol. The van der Waals surface area contributed by atoms with Crippen LogP contribution >= 0.6 is 0 Å². The molecule has 0 radical (unpaired) electrons. The number of rotatable bonds is 3. The molecule has 0 aliphatic heterocycles. The monoisotopic (exact) mass is 209 g/mol. The number of hydrazone groups is 1. The van der Waals surface area contributed by atoms with Crippen LogP contribution in [-0.4, -0.2) is 22.5 Å². The molecule has 0 heterocycles. The van der Waals surface area contributed by atoms with Crippen LogP contribution in [0.3, 0.4) is 0 Å². The third kappa shape index (κ3) is 3.55. The first kappa shape index (κ1) is 10.8. The number of nitrogens with zero attached hydrogens (tertiary/aromatic N) is 1. The van der Waals surface area contributed by atoms with Crippen molar-refractivity contribution in [3.05, 3.63) is 23.8 Å². The number of urea groups is 1. The Morgan fingerprint density at radius 1 is 1.47 bits per heavy atom. The normalized spacial score (nSPS) is 10.4. The fourth-order valence-corrected chi connectivity index (χ4v) is 0.956. The molecule has 1 rings (SSSR count). The largest absolute Gasteiger partial charge is 0.504 e. The lowest BCUT2D eigenvalue weighted by molar-refractivity contribution is 0.249. The summed E-state index contributed by atoms with van der Waals surface area (Å²) in [5, 5.41) is 21.7. The van der Waals surface area contributed by atoms with Crippen molar-refractivity contribution in [1.29, 1.82) is 0 Å². The minimum absolute atomic E-state index is 0.175. The highest BCUT2D eigenvalue weighted by molar-refractivity contribution is 5.73. The number of hydrogen-bond donors (Lipinski definition) is 4. The highest BCUT2D eigenvalue weighted by Gasteiger charge is 1.98. The summed E-state index contributed by atoms with van der Waals surface area (Å²) < 4.78 is 0. The summed E-state index contributed by atoms with van der Waals surface area (Å²) in [6.45, 7) is 0. The first-order chi connectivity index (χ1) is 7.09. The molecule has 2 amide bonds. The summed E-state index contributed by atoms with van der Waals surface area (Å²) in [7, 11) is 0. The van der Waals surface area contributed by atoms with Crippen molar-refractivity contribution in [3.8, 4) is 11.5 Å². The van der Waals surface area contributed by atoms with Gasteiger partial charge in [0.15, 0.2) is 11.5 Å². The number of phenolic OH excluding ortho intramolecular Hbond substituents is 2. The highest BCUT2D eigenvalue weighted by Crippen LogP contribution is 2.24. The van der Waals surface area contributed by atoms with Gasteiger partial charge in [0.05, 0.1) is 0 Å². The lowest BCUT2D eigenvalue weighted by Gasteiger charge is -1.99. The van der Waals surface area contributed by atoms with Crippen molar-refractivity contribution >= 4 is 12.2 Å². The van der Waals surface area contributed by atoms with E-state index < -0.39 is 6.03 Å². The number of benzene rings is 1. The van der Waals surface area contributed by atoms with Crippen molar-refractivity contribution in [2.45, 2.75) is 6.42 Å². The standard InChI is InChI=1S/C9H11N3O3/c10-9(15)12-11-4-3-6-1-2-7(13)8(14)5-6/h1-2,4-5,13-14H,3H2,(H3,10,12,15). The number of amides is 2. The van der Waals surface area contributed by atoms with Gasteiger partial charge in [-0.2, -0.15) is 5.10 Å². The Kier molecular flexibility index (Phi) is 3.50. The van der Waals surface area contributed by atoms with Crippen molar-refractivity contribution in [3.63, 3.8) is 0 Å². The average Bonchev–Trinajstić information content (AvgIpc) is 2.18. The van der Waals surface area contributed by atoms with Crippen LogP contribution in [0, 0.1) is 0 Å². The summed E-state index contributed by atoms with van der Waals surface area (Å²) in [4.78, 5) is 10.2. The molecule has 0 spiro atoms. The second kappa shape index (κ2) is 4.85. The van der Waals surface area contributed by atoms with Gasteiger partial charge in [0, 0.05) is 12.6 Å². The molecule has 6 heteroatoms. The van der Waals surface area contributed by atoms with Gasteiger partial charge in [-0.25, -0.2) is 10.2 Å². The van der Waals surface area contributed by atoms with E-state index in [0.717, 1.165) is 5.56 Å². The van der Waals surface area contributed by atoms with Crippen molar-refractivity contribution in [1.82, 2.24) is 5.43 Å². The number of carbonyl (C=O) groups excluding carboxylic acids is 1. The van der Waals surface area contributed by atoms with Gasteiger partial charge in [0.25, 0.3) is 0 Å². The van der Waals surface area contributed by atoms with Crippen LogP contribution in [0.2, 0.25) is 0 Å². The van der Waals surface area contributed by atoms with Crippen molar-refractivity contribution < 1.29 is 15.0 Å². The second-order valence-corrected chi connectivity index (χ2v) is 2.81. The van der Waals surface area contributed by atoms with Gasteiger partial charge < -0.3 is 15.9 Å². The van der Waals surface area contributed by atoms with Crippen LogP contribution in [-0.2, 0) is 6.42 Å². The predicted octanol–water partition coefficient (Wildman–Crippen LogP) is 0.294. The molecule has 1 aromatic carbocycles. The third-order valence-corrected chi connectivity index (χ3v) is 1.63. The van der Waals surface area contributed by atoms with E-state index in [1.807, 2.05) is 5.43 Å². The van der Waals surface area contributed by atoms with Crippen LogP contribution in [0.5, 0.6) is 11.5 Å². The topological polar surface area (TPSA) is 108 Å². The molecule has 0 saturated heterocycles. The molecular formula is C9H11N3O3. The number of phenols is 2. The molecule has 0 saturated carbocycles. The Labute approximate surface area is 86.0 Å². The molecule has 6 nitrogen and oxygen atoms in total. The minimum Gasteiger partial charge on any atom is -0.504 e. The zero-order valence-corrected chi connectivity index (χ0v) is 7.84. The van der Waals surface area contributed by atoms with Crippen LogP contribution in [0.15, 0.2) is 23.3 Å². The number of primary amides is 1. The first-order valence-electron chi connectivity index (χ1n) is 4.17. The Morgan fingerprint density at radius 2 is 2.20 bits per heavy atom. The smallest absolute Gasteiger partial charge is 0.332 e. The molecule has 0 aromatic heterocycles. The zero-order valence-electron chi connectivity index (χ0n) is 7.84. The van der Waals surface area contributed by atoms with Crippen LogP contribution in [0.25, 0.3) is 0 Å². The van der Waals surface area contributed by atoms with Gasteiger partial charge in [-0.3, -0.25) is 0 Å². The van der Waals surface area contributed by atoms with E-state index in [0.29, 0.717) is 6.42 Å². The Balaban J connectivity index is 2.54. The Hall–Kier alpha value is -2.24. The van der Waals surface area contributed by atoms with E-state index in [2.05, 4.69) is 5.10 Å². The van der Waals surface area contributed by atoms with Gasteiger partial charge in [0.2, 0.25) is 0 Å². The molecule has 0 atom stereocenters. The number of hydrogen-bond acceptors (Lipinski definition) is 4. The lowest BCUT2D eigenvalue weighted by atomic mass is 10.1. The SMILES string of the molecule is NC(=O)NN=CCc1ccc(O)c(O)c1. The number of aromatic hydroxyl groups is 2. The highest BCUT2D eigenvalue weighted by atomic mass is 16.3. The maximum absolute atomic E-state index is 10.2. The van der Waals surface area contributed by atoms with Gasteiger partial charge in [-0.1, -0.05) is 6.07 Å². The number of nitrogens with one attached hydrogen (secondary N) is 1. The van der Waals surface area contributed by atoms with Gasteiger partial charge >= 0.3 is 6.03 Å². The summed E-state index contributed by atoms with van der Waals surface area (Å²) >= 11 is 0. The van der Waals surface area contributed by atoms with E-state index in [1.54, 1.807) is 6.07 Å². The van der Waals surface area contributed by atoms with Crippen molar-refractivity contribution in [2.24, 2.45) is 10.8 Å². The number of nitrogens with two attached hydrogens (primary N) is 1. The number of carbonyl (C=O) groups is 1. The predicted molar refractivity (Wildman–Crippen MR) is 54.7 cm³/mol. The molecule has 0 aliphatic rings. The molecule has 1 aromatic rings. The van der Waals surface area contributed by atoms with E-state index in [1.165, 1.54) is 18.3 Å². The summed E-state index contributed by atoms with van der Waals surface area (Å²) in [6, 6.07) is 3.68. The molecule has 15 heavy (non-hydrogen) atoms. The molecule has 0 unspecified atom stereocenters. The van der Waals surface area contributed by atoms with E-state index in [4.69, 9.17) is 15.9 Å². The first-order valence-corrected chi connectivity index (χ1v) is 4.17. The van der Waals surface area contributed by atoms with Crippen LogP contribution in [0.4, 0.5) is 4.79 Å². The van der Waals surface area contributed by atoms with Gasteiger partial charge in [-0.15, -0.1) is 0 Å². The van der Waals surface area contributed by atoms with Gasteiger partial charge in [-0.05, 0) is 17.7 Å². The van der Waals surface area contributed by atoms with E-state index >= 15 is 0 Å². The molecule has 0 bridgehead atoms. The van der Waals surface area contributed by atoms with E-state index in [-0.39, 0.29) is 11.5 Å². The van der Waals surface area contributed by atoms with Crippen LogP contribution < -0.4 is 11.2 Å². The van der Waals surface area contributed by atoms with Crippen LogP contribution in [0.1, 0.15) is 5.56 Å². The fourth-order valence-electron chi connectivity index (χ4n) is 0.956. The lowest BCUT2D eigenvalue weighted by Crippen LogP contribution is -2.24. The quantitative estimate of drug-likeness (QED) is 0.326. The fraction of sp³-hybridized carbons (Fsp3) is 0.111. The van der Waals surface area contributed by atoms with E-state index in [9.17, 15) is 4.79 Å². The maximum atomic E-state index is 10.2. The molecule has 0 fully saturated rings. The van der Waals surface area contributed by atoms with Gasteiger partial charge in [0.1, 0.15) is 0 Å². The molecule has 0 aliphatic carbocycles. The maximum Gasteiger partial charge on any atom is 0.332 e. The second-order valence-electron chi connectivity index (χ2n) is 2.81. The molecule has 80 valence electrons. The molecular weight excluding hydrogens is 198 g/mol. The summed E-state index contributed by atoms with van der Waals surface area (Å²) in [5.41, 5.74) is 7.57. The summed E-state index contributed by atoms with van der Waals surface area (Å²) in [5.74, 6) is -0.366. The van der Waals surface area contributed by atoms with Crippen molar-refractivity contribution in [2.75, 3.05) is 0 Å².